The van der Waals surface area contributed by atoms with Crippen LogP contribution < -0.4 is 5.32 Å². The van der Waals surface area contributed by atoms with Gasteiger partial charge in [-0.25, -0.2) is 9.48 Å². The van der Waals surface area contributed by atoms with Gasteiger partial charge in [-0.3, -0.25) is 9.69 Å². The standard InChI is InChI=1S/C29H38N6O3/c1-5-19(2)17-24(30)26-27(20-8-10-21(11-9-20)29(37)38)32-35(28(26)31-3)23-14-16-34(18-23)25(36)7-6-15-33(4)22-12-13-22/h6-11,17,22-23,30-31H,5,12-16,18H2,1-4H3,(H,37,38)/b7-6?,19-17+,30-24?. The normalized spacial score (nSPS) is 18.0. The number of hydrogen-bond acceptors (Lipinski definition) is 6. The molecule has 0 bridgehead atoms. The van der Waals surface area contributed by atoms with Crippen LogP contribution in [0.3, 0.4) is 0 Å². The number of benzene rings is 1. The maximum atomic E-state index is 12.9. The summed E-state index contributed by atoms with van der Waals surface area (Å²) >= 11 is 0. The number of carboxylic acids is 1. The van der Waals surface area contributed by atoms with Gasteiger partial charge in [-0.05, 0) is 57.9 Å². The van der Waals surface area contributed by atoms with Crippen LogP contribution in [-0.2, 0) is 4.79 Å². The molecule has 1 amide bonds. The molecule has 1 atom stereocenters. The minimum atomic E-state index is -0.989. The average molecular weight is 519 g/mol. The third-order valence-electron chi connectivity index (χ3n) is 7.42. The molecule has 1 aliphatic heterocycles. The number of carbonyl (C=O) groups excluding carboxylic acids is 1. The van der Waals surface area contributed by atoms with Gasteiger partial charge < -0.3 is 20.7 Å². The van der Waals surface area contributed by atoms with Crippen molar-refractivity contribution in [2.75, 3.05) is 39.0 Å². The van der Waals surface area contributed by atoms with Gasteiger partial charge in [-0.2, -0.15) is 5.10 Å². The van der Waals surface area contributed by atoms with Gasteiger partial charge in [-0.15, -0.1) is 0 Å². The van der Waals surface area contributed by atoms with Crippen LogP contribution in [0.1, 0.15) is 61.5 Å². The van der Waals surface area contributed by atoms with E-state index in [0.29, 0.717) is 41.9 Å². The number of aromatic carboxylic acids is 1. The van der Waals surface area contributed by atoms with Gasteiger partial charge in [-0.1, -0.05) is 30.7 Å². The summed E-state index contributed by atoms with van der Waals surface area (Å²) in [5, 5.41) is 26.4. The number of carbonyl (C=O) groups is 2. The van der Waals surface area contributed by atoms with Gasteiger partial charge in [0.2, 0.25) is 5.91 Å². The van der Waals surface area contributed by atoms with E-state index < -0.39 is 5.97 Å². The van der Waals surface area contributed by atoms with Crippen molar-refractivity contribution in [2.24, 2.45) is 0 Å². The summed E-state index contributed by atoms with van der Waals surface area (Å²) in [6.45, 7) is 5.99. The van der Waals surface area contributed by atoms with E-state index in [1.54, 1.807) is 30.3 Å². The van der Waals surface area contributed by atoms with E-state index in [1.165, 1.54) is 12.8 Å². The largest absolute Gasteiger partial charge is 0.478 e. The predicted molar refractivity (Wildman–Crippen MR) is 150 cm³/mol. The van der Waals surface area contributed by atoms with Crippen molar-refractivity contribution >= 4 is 23.4 Å². The number of amides is 1. The first-order valence-corrected chi connectivity index (χ1v) is 13.3. The summed E-state index contributed by atoms with van der Waals surface area (Å²) < 4.78 is 1.90. The number of likely N-dealkylation sites (N-methyl/N-ethyl adjacent to an activating group) is 1. The Morgan fingerprint density at radius 1 is 1.24 bits per heavy atom. The number of hydrogen-bond donors (Lipinski definition) is 3. The Morgan fingerprint density at radius 2 is 1.95 bits per heavy atom. The molecule has 1 aromatic heterocycles. The highest BCUT2D eigenvalue weighted by molar-refractivity contribution is 6.14. The van der Waals surface area contributed by atoms with Gasteiger partial charge in [0.1, 0.15) is 11.5 Å². The molecule has 2 fully saturated rings. The first-order valence-electron chi connectivity index (χ1n) is 13.3. The summed E-state index contributed by atoms with van der Waals surface area (Å²) in [5.41, 5.74) is 3.63. The van der Waals surface area contributed by atoms with Gasteiger partial charge in [0.15, 0.2) is 0 Å². The molecule has 9 heteroatoms. The Morgan fingerprint density at radius 3 is 2.55 bits per heavy atom. The van der Waals surface area contributed by atoms with Crippen LogP contribution in [0, 0.1) is 5.41 Å². The Balaban J connectivity index is 1.62. The Bertz CT molecular complexity index is 1260. The molecule has 1 saturated carbocycles. The summed E-state index contributed by atoms with van der Waals surface area (Å²) in [7, 11) is 3.91. The third-order valence-corrected chi connectivity index (χ3v) is 7.42. The molecule has 1 saturated heterocycles. The fourth-order valence-corrected chi connectivity index (χ4v) is 4.82. The zero-order valence-electron chi connectivity index (χ0n) is 22.7. The summed E-state index contributed by atoms with van der Waals surface area (Å²) in [5.74, 6) is -0.265. The predicted octanol–water partition coefficient (Wildman–Crippen LogP) is 4.44. The van der Waals surface area contributed by atoms with Crippen molar-refractivity contribution in [3.8, 4) is 11.3 Å². The highest BCUT2D eigenvalue weighted by atomic mass is 16.4. The van der Waals surface area contributed by atoms with E-state index in [1.807, 2.05) is 35.7 Å². The Hall–Kier alpha value is -3.72. The lowest BCUT2D eigenvalue weighted by Gasteiger charge is -2.17. The molecule has 2 heterocycles. The number of carboxylic acid groups (broad SMARTS) is 1. The highest BCUT2D eigenvalue weighted by Gasteiger charge is 2.32. The first-order chi connectivity index (χ1) is 18.2. The van der Waals surface area contributed by atoms with E-state index in [0.717, 1.165) is 30.5 Å². The smallest absolute Gasteiger partial charge is 0.335 e. The van der Waals surface area contributed by atoms with Crippen LogP contribution in [0.5, 0.6) is 0 Å². The van der Waals surface area contributed by atoms with Crippen LogP contribution in [0.25, 0.3) is 11.3 Å². The molecule has 3 N–H and O–H groups in total. The van der Waals surface area contributed by atoms with Crippen LogP contribution in [-0.4, -0.2) is 82.0 Å². The SMILES string of the molecule is CC/C(C)=C/C(=N)c1c(-c2ccc(C(=O)O)cc2)nn(C2CCN(C(=O)C=CCN(C)C3CC3)C2)c1NC. The molecule has 2 aliphatic rings. The second-order valence-corrected chi connectivity index (χ2v) is 10.2. The number of likely N-dealkylation sites (tertiary alicyclic amines) is 1. The maximum absolute atomic E-state index is 12.9. The van der Waals surface area contributed by atoms with E-state index in [2.05, 4.69) is 24.2 Å². The quantitative estimate of drug-likeness (QED) is 0.299. The second-order valence-electron chi connectivity index (χ2n) is 10.2. The van der Waals surface area contributed by atoms with E-state index in [4.69, 9.17) is 10.5 Å². The zero-order valence-corrected chi connectivity index (χ0v) is 22.7. The Labute approximate surface area is 224 Å². The molecule has 1 unspecified atom stereocenters. The second kappa shape index (κ2) is 11.8. The zero-order chi connectivity index (χ0) is 27.4. The summed E-state index contributed by atoms with van der Waals surface area (Å²) in [6, 6.07) is 7.19. The minimum Gasteiger partial charge on any atom is -0.478 e. The van der Waals surface area contributed by atoms with Gasteiger partial charge in [0, 0.05) is 44.4 Å². The molecule has 2 aromatic rings. The number of aromatic nitrogens is 2. The lowest BCUT2D eigenvalue weighted by atomic mass is 10.0. The first kappa shape index (κ1) is 27.3. The van der Waals surface area contributed by atoms with Crippen molar-refractivity contribution < 1.29 is 14.7 Å². The number of nitrogens with zero attached hydrogens (tertiary/aromatic N) is 4. The molecule has 0 radical (unpaired) electrons. The molecule has 38 heavy (non-hydrogen) atoms. The van der Waals surface area contributed by atoms with Crippen LogP contribution >= 0.6 is 0 Å². The number of anilines is 1. The lowest BCUT2D eigenvalue weighted by Crippen LogP contribution is -2.28. The summed E-state index contributed by atoms with van der Waals surface area (Å²) in [6.07, 6.45) is 9.54. The molecule has 0 spiro atoms. The van der Waals surface area contributed by atoms with Gasteiger partial charge >= 0.3 is 5.97 Å². The molecular weight excluding hydrogens is 480 g/mol. The average Bonchev–Trinajstić information content (AvgIpc) is 3.52. The molecule has 1 aliphatic carbocycles. The summed E-state index contributed by atoms with van der Waals surface area (Å²) in [4.78, 5) is 28.4. The molecule has 202 valence electrons. The minimum absolute atomic E-state index is 0.00816. The van der Waals surface area contributed by atoms with E-state index in [-0.39, 0.29) is 17.5 Å². The van der Waals surface area contributed by atoms with Crippen molar-refractivity contribution in [3.05, 3.63) is 59.2 Å². The topological polar surface area (TPSA) is 115 Å². The van der Waals surface area contributed by atoms with Crippen molar-refractivity contribution in [3.63, 3.8) is 0 Å². The fourth-order valence-electron chi connectivity index (χ4n) is 4.82. The monoisotopic (exact) mass is 518 g/mol. The lowest BCUT2D eigenvalue weighted by molar-refractivity contribution is -0.125. The number of nitrogens with one attached hydrogen (secondary N) is 2. The Kier molecular flexibility index (Phi) is 8.46. The molecule has 1 aromatic carbocycles. The van der Waals surface area contributed by atoms with E-state index >= 15 is 0 Å². The van der Waals surface area contributed by atoms with Gasteiger partial charge in [0.05, 0.1) is 22.9 Å². The number of rotatable bonds is 11. The fraction of sp³-hybridized carbons (Fsp3) is 0.448. The van der Waals surface area contributed by atoms with Crippen LogP contribution in [0.15, 0.2) is 48.1 Å². The van der Waals surface area contributed by atoms with Gasteiger partial charge in [0.25, 0.3) is 0 Å². The van der Waals surface area contributed by atoms with Crippen molar-refractivity contribution in [2.45, 2.75) is 51.6 Å². The van der Waals surface area contributed by atoms with Crippen LogP contribution in [0.4, 0.5) is 5.82 Å². The van der Waals surface area contributed by atoms with Crippen molar-refractivity contribution in [1.29, 1.82) is 5.41 Å². The molecule has 9 nitrogen and oxygen atoms in total. The maximum Gasteiger partial charge on any atom is 0.335 e. The number of allylic oxidation sites excluding steroid dienone is 2. The molecule has 4 rings (SSSR count). The highest BCUT2D eigenvalue weighted by Crippen LogP contribution is 2.35. The van der Waals surface area contributed by atoms with Crippen molar-refractivity contribution in [1.82, 2.24) is 19.6 Å². The molecular formula is C29H38N6O3. The van der Waals surface area contributed by atoms with Crippen LogP contribution in [0.2, 0.25) is 0 Å². The third kappa shape index (κ3) is 6.05. The van der Waals surface area contributed by atoms with E-state index in [9.17, 15) is 14.7 Å².